The summed E-state index contributed by atoms with van der Waals surface area (Å²) in [5, 5.41) is 8.63. The molecule has 0 rings (SSSR count). The number of likely N-dealkylation sites (N-methyl/N-ethyl adjacent to an activating group) is 1. The van der Waals surface area contributed by atoms with Crippen LogP contribution in [-0.4, -0.2) is 66.9 Å². The third-order valence-corrected chi connectivity index (χ3v) is 1.91. The minimum absolute atomic E-state index is 0.457. The molecule has 0 aliphatic heterocycles. The SMILES string of the molecule is C[C@@H](C(=O)/N=C/CN(C)C)N(C)C(=O)O. The van der Waals surface area contributed by atoms with Gasteiger partial charge in [-0.15, -0.1) is 0 Å². The van der Waals surface area contributed by atoms with Gasteiger partial charge < -0.3 is 10.0 Å². The normalized spacial score (nSPS) is 13.1. The first kappa shape index (κ1) is 13.6. The summed E-state index contributed by atoms with van der Waals surface area (Å²) in [6.07, 6.45) is 0.327. The van der Waals surface area contributed by atoms with E-state index in [0.717, 1.165) is 4.90 Å². The summed E-state index contributed by atoms with van der Waals surface area (Å²) in [5.74, 6) is -0.457. The Morgan fingerprint density at radius 1 is 1.40 bits per heavy atom. The van der Waals surface area contributed by atoms with Crippen LogP contribution in [0.15, 0.2) is 4.99 Å². The molecule has 1 atom stereocenters. The first-order valence-corrected chi connectivity index (χ1v) is 4.53. The van der Waals surface area contributed by atoms with Gasteiger partial charge in [0.2, 0.25) is 0 Å². The molecule has 0 saturated heterocycles. The van der Waals surface area contributed by atoms with Gasteiger partial charge in [0.15, 0.2) is 0 Å². The van der Waals surface area contributed by atoms with Crippen molar-refractivity contribution in [1.29, 1.82) is 0 Å². The molecular weight excluding hydrogens is 198 g/mol. The highest BCUT2D eigenvalue weighted by atomic mass is 16.4. The van der Waals surface area contributed by atoms with Crippen molar-refractivity contribution in [1.82, 2.24) is 9.80 Å². The van der Waals surface area contributed by atoms with E-state index < -0.39 is 18.0 Å². The Morgan fingerprint density at radius 2 is 1.93 bits per heavy atom. The molecule has 15 heavy (non-hydrogen) atoms. The van der Waals surface area contributed by atoms with Crippen molar-refractivity contribution in [2.45, 2.75) is 13.0 Å². The van der Waals surface area contributed by atoms with E-state index in [1.54, 1.807) is 0 Å². The van der Waals surface area contributed by atoms with Gasteiger partial charge in [-0.05, 0) is 21.0 Å². The van der Waals surface area contributed by atoms with Crippen LogP contribution in [0.3, 0.4) is 0 Å². The summed E-state index contributed by atoms with van der Waals surface area (Å²) in [5.41, 5.74) is 0. The summed E-state index contributed by atoms with van der Waals surface area (Å²) in [6, 6.07) is -0.749. The number of nitrogens with zero attached hydrogens (tertiary/aromatic N) is 3. The molecule has 0 saturated carbocycles. The highest BCUT2D eigenvalue weighted by molar-refractivity contribution is 5.90. The van der Waals surface area contributed by atoms with Gasteiger partial charge in [0.05, 0.1) is 0 Å². The van der Waals surface area contributed by atoms with Crippen LogP contribution in [0.5, 0.6) is 0 Å². The molecule has 0 aromatic heterocycles. The zero-order chi connectivity index (χ0) is 12.0. The van der Waals surface area contributed by atoms with Crippen molar-refractivity contribution < 1.29 is 14.7 Å². The summed E-state index contributed by atoms with van der Waals surface area (Å²) in [7, 11) is 5.04. The summed E-state index contributed by atoms with van der Waals surface area (Å²) >= 11 is 0. The lowest BCUT2D eigenvalue weighted by atomic mass is 10.3. The van der Waals surface area contributed by atoms with Crippen molar-refractivity contribution in [2.75, 3.05) is 27.7 Å². The molecule has 0 aromatic rings. The first-order chi connectivity index (χ1) is 6.86. The number of carboxylic acid groups (broad SMARTS) is 1. The highest BCUT2D eigenvalue weighted by Crippen LogP contribution is 1.98. The number of rotatable bonds is 4. The summed E-state index contributed by atoms with van der Waals surface area (Å²) in [6.45, 7) is 2.05. The fourth-order valence-corrected chi connectivity index (χ4v) is 0.733. The lowest BCUT2D eigenvalue weighted by Crippen LogP contribution is -2.38. The van der Waals surface area contributed by atoms with Crippen LogP contribution in [0.4, 0.5) is 4.79 Å². The van der Waals surface area contributed by atoms with Gasteiger partial charge in [-0.25, -0.2) is 9.79 Å². The molecule has 0 fully saturated rings. The fraction of sp³-hybridized carbons (Fsp3) is 0.667. The van der Waals surface area contributed by atoms with Gasteiger partial charge in [-0.3, -0.25) is 9.69 Å². The molecular formula is C9H17N3O3. The Hall–Kier alpha value is -1.43. The molecule has 0 heterocycles. The predicted octanol–water partition coefficient (Wildman–Crippen LogP) is 0.144. The summed E-state index contributed by atoms with van der Waals surface area (Å²) in [4.78, 5) is 28.3. The van der Waals surface area contributed by atoms with Gasteiger partial charge >= 0.3 is 6.09 Å². The smallest absolute Gasteiger partial charge is 0.407 e. The number of hydrogen-bond donors (Lipinski definition) is 1. The monoisotopic (exact) mass is 215 g/mol. The number of hydrogen-bond acceptors (Lipinski definition) is 3. The Labute approximate surface area is 89.2 Å². The lowest BCUT2D eigenvalue weighted by molar-refractivity contribution is -0.121. The van der Waals surface area contributed by atoms with Crippen LogP contribution in [0.1, 0.15) is 6.92 Å². The molecule has 0 aliphatic rings. The number of aliphatic imine (C=N–C) groups is 1. The maximum Gasteiger partial charge on any atom is 0.407 e. The number of amides is 2. The topological polar surface area (TPSA) is 73.2 Å². The van der Waals surface area contributed by atoms with Crippen molar-refractivity contribution >= 4 is 18.2 Å². The Balaban J connectivity index is 4.21. The third-order valence-electron chi connectivity index (χ3n) is 1.91. The van der Waals surface area contributed by atoms with E-state index >= 15 is 0 Å². The van der Waals surface area contributed by atoms with Gasteiger partial charge in [0, 0.05) is 19.8 Å². The Kier molecular flexibility index (Phi) is 5.54. The highest BCUT2D eigenvalue weighted by Gasteiger charge is 2.20. The molecule has 0 radical (unpaired) electrons. The molecule has 0 aromatic carbocycles. The summed E-state index contributed by atoms with van der Waals surface area (Å²) < 4.78 is 0. The van der Waals surface area contributed by atoms with Gasteiger partial charge in [0.25, 0.3) is 5.91 Å². The number of carbonyl (C=O) groups is 2. The second kappa shape index (κ2) is 6.13. The van der Waals surface area contributed by atoms with Crippen molar-refractivity contribution in [2.24, 2.45) is 4.99 Å². The quantitative estimate of drug-likeness (QED) is 0.677. The van der Waals surface area contributed by atoms with Crippen LogP contribution in [0, 0.1) is 0 Å². The van der Waals surface area contributed by atoms with Gasteiger partial charge in [-0.2, -0.15) is 0 Å². The third kappa shape index (κ3) is 5.11. The molecule has 0 spiro atoms. The molecule has 6 nitrogen and oxygen atoms in total. The zero-order valence-electron chi connectivity index (χ0n) is 9.47. The molecule has 0 aliphatic carbocycles. The molecule has 86 valence electrons. The average Bonchev–Trinajstić information content (AvgIpc) is 2.14. The number of carbonyl (C=O) groups excluding carboxylic acids is 1. The Bertz CT molecular complexity index is 263. The fourth-order valence-electron chi connectivity index (χ4n) is 0.733. The predicted molar refractivity (Wildman–Crippen MR) is 57.3 cm³/mol. The van der Waals surface area contributed by atoms with E-state index in [0.29, 0.717) is 6.54 Å². The van der Waals surface area contributed by atoms with E-state index in [1.165, 1.54) is 20.2 Å². The maximum absolute atomic E-state index is 11.3. The molecule has 0 bridgehead atoms. The van der Waals surface area contributed by atoms with Crippen LogP contribution >= 0.6 is 0 Å². The van der Waals surface area contributed by atoms with Crippen LogP contribution < -0.4 is 0 Å². The van der Waals surface area contributed by atoms with Crippen LogP contribution in [0.25, 0.3) is 0 Å². The van der Waals surface area contributed by atoms with Crippen LogP contribution in [-0.2, 0) is 4.79 Å². The van der Waals surface area contributed by atoms with Crippen molar-refractivity contribution in [3.63, 3.8) is 0 Å². The van der Waals surface area contributed by atoms with Gasteiger partial charge in [0.1, 0.15) is 6.04 Å². The van der Waals surface area contributed by atoms with E-state index in [2.05, 4.69) is 4.99 Å². The second-order valence-electron chi connectivity index (χ2n) is 3.48. The average molecular weight is 215 g/mol. The van der Waals surface area contributed by atoms with E-state index in [1.807, 2.05) is 19.0 Å². The second-order valence-corrected chi connectivity index (χ2v) is 3.48. The largest absolute Gasteiger partial charge is 0.465 e. The maximum atomic E-state index is 11.3. The van der Waals surface area contributed by atoms with E-state index in [-0.39, 0.29) is 0 Å². The minimum atomic E-state index is -1.14. The minimum Gasteiger partial charge on any atom is -0.465 e. The zero-order valence-corrected chi connectivity index (χ0v) is 9.47. The first-order valence-electron chi connectivity index (χ1n) is 4.53. The molecule has 2 amide bonds. The van der Waals surface area contributed by atoms with E-state index in [9.17, 15) is 9.59 Å². The lowest BCUT2D eigenvalue weighted by Gasteiger charge is -2.18. The van der Waals surface area contributed by atoms with Crippen molar-refractivity contribution in [3.05, 3.63) is 0 Å². The van der Waals surface area contributed by atoms with Crippen LogP contribution in [0.2, 0.25) is 0 Å². The van der Waals surface area contributed by atoms with Gasteiger partial charge in [-0.1, -0.05) is 0 Å². The molecule has 1 N–H and O–H groups in total. The standard InChI is InChI=1S/C9H17N3O3/c1-7(12(4)9(14)15)8(13)10-5-6-11(2)3/h5,7H,6H2,1-4H3,(H,14,15)/b10-5+/t7-/m0/s1. The Morgan fingerprint density at radius 3 is 2.33 bits per heavy atom. The molecule has 0 unspecified atom stereocenters. The van der Waals surface area contributed by atoms with E-state index in [4.69, 9.17) is 5.11 Å². The van der Waals surface area contributed by atoms with Crippen molar-refractivity contribution in [3.8, 4) is 0 Å². The molecule has 6 heteroatoms.